The summed E-state index contributed by atoms with van der Waals surface area (Å²) in [6, 6.07) is 7.65. The van der Waals surface area contributed by atoms with E-state index in [1.165, 1.54) is 32.8 Å². The molecule has 110 valence electrons. The lowest BCUT2D eigenvalue weighted by Crippen LogP contribution is -2.26. The van der Waals surface area contributed by atoms with Gasteiger partial charge in [0.05, 0.1) is 12.7 Å². The molecule has 1 fully saturated rings. The molecule has 0 radical (unpaired) electrons. The second kappa shape index (κ2) is 7.44. The van der Waals surface area contributed by atoms with Gasteiger partial charge in [-0.1, -0.05) is 38.0 Å². The molecule has 3 nitrogen and oxygen atoms in total. The highest BCUT2D eigenvalue weighted by atomic mass is 16.5. The zero-order valence-corrected chi connectivity index (χ0v) is 12.5. The summed E-state index contributed by atoms with van der Waals surface area (Å²) in [6.45, 7) is 4.12. The Hall–Kier alpha value is -1.35. The third kappa shape index (κ3) is 4.07. The first kappa shape index (κ1) is 15.0. The molecule has 1 aliphatic carbocycles. The van der Waals surface area contributed by atoms with Gasteiger partial charge in [-0.2, -0.15) is 0 Å². The molecule has 1 aliphatic rings. The number of methoxy groups -OCH3 is 1. The van der Waals surface area contributed by atoms with Gasteiger partial charge in [0.15, 0.2) is 0 Å². The summed E-state index contributed by atoms with van der Waals surface area (Å²) in [5.74, 6) is 1.43. The molecule has 1 saturated carbocycles. The molecule has 1 aromatic rings. The molecule has 0 aliphatic heterocycles. The van der Waals surface area contributed by atoms with Crippen LogP contribution in [0.2, 0.25) is 0 Å². The van der Waals surface area contributed by atoms with Gasteiger partial charge < -0.3 is 10.1 Å². The van der Waals surface area contributed by atoms with E-state index in [4.69, 9.17) is 4.74 Å². The van der Waals surface area contributed by atoms with Gasteiger partial charge in [0.25, 0.3) is 0 Å². The van der Waals surface area contributed by atoms with E-state index in [2.05, 4.69) is 12.2 Å². The molecule has 0 saturated heterocycles. The van der Waals surface area contributed by atoms with Crippen LogP contribution in [0, 0.1) is 11.8 Å². The summed E-state index contributed by atoms with van der Waals surface area (Å²) in [6.07, 6.45) is 5.36. The third-order valence-corrected chi connectivity index (χ3v) is 4.31. The van der Waals surface area contributed by atoms with Crippen LogP contribution in [0.25, 0.3) is 0 Å². The Labute approximate surface area is 121 Å². The number of carbonyl (C=O) groups excluding carboxylic acids is 1. The van der Waals surface area contributed by atoms with Crippen LogP contribution in [0.5, 0.6) is 0 Å². The first-order valence-electron chi connectivity index (χ1n) is 7.57. The summed E-state index contributed by atoms with van der Waals surface area (Å²) < 4.78 is 4.82. The van der Waals surface area contributed by atoms with Crippen molar-refractivity contribution in [3.8, 4) is 0 Å². The Morgan fingerprint density at radius 1 is 1.25 bits per heavy atom. The van der Waals surface area contributed by atoms with Gasteiger partial charge in [-0.25, -0.2) is 4.79 Å². The van der Waals surface area contributed by atoms with Crippen molar-refractivity contribution in [1.29, 1.82) is 0 Å². The summed E-state index contributed by atoms with van der Waals surface area (Å²) in [7, 11) is 1.43. The molecule has 0 heterocycles. The van der Waals surface area contributed by atoms with Crippen LogP contribution in [-0.4, -0.2) is 19.6 Å². The summed E-state index contributed by atoms with van der Waals surface area (Å²) in [5, 5.41) is 3.50. The lowest BCUT2D eigenvalue weighted by molar-refractivity contribution is 0.0599. The zero-order valence-electron chi connectivity index (χ0n) is 12.5. The third-order valence-electron chi connectivity index (χ3n) is 4.31. The van der Waals surface area contributed by atoms with Crippen molar-refractivity contribution >= 4 is 5.97 Å². The SMILES string of the molecule is COC(=O)c1ccccc1CNCC1CCC(C)CC1. The van der Waals surface area contributed by atoms with Gasteiger partial charge in [-0.3, -0.25) is 0 Å². The molecule has 0 unspecified atom stereocenters. The molecule has 0 atom stereocenters. The summed E-state index contributed by atoms with van der Waals surface area (Å²) >= 11 is 0. The number of hydrogen-bond donors (Lipinski definition) is 1. The highest BCUT2D eigenvalue weighted by molar-refractivity contribution is 5.90. The van der Waals surface area contributed by atoms with Crippen molar-refractivity contribution in [2.24, 2.45) is 11.8 Å². The first-order valence-corrected chi connectivity index (χ1v) is 7.57. The van der Waals surface area contributed by atoms with E-state index in [1.807, 2.05) is 24.3 Å². The molecule has 0 aromatic heterocycles. The van der Waals surface area contributed by atoms with Crippen molar-refractivity contribution < 1.29 is 9.53 Å². The molecule has 0 bridgehead atoms. The molecule has 3 heteroatoms. The predicted octanol–water partition coefficient (Wildman–Crippen LogP) is 3.39. The highest BCUT2D eigenvalue weighted by Crippen LogP contribution is 2.27. The summed E-state index contributed by atoms with van der Waals surface area (Å²) in [5.41, 5.74) is 1.68. The van der Waals surface area contributed by atoms with Gasteiger partial charge in [-0.05, 0) is 42.9 Å². The number of nitrogens with one attached hydrogen (secondary N) is 1. The Kier molecular flexibility index (Phi) is 5.60. The minimum absolute atomic E-state index is 0.256. The monoisotopic (exact) mass is 275 g/mol. The topological polar surface area (TPSA) is 38.3 Å². The second-order valence-corrected chi connectivity index (χ2v) is 5.91. The maximum absolute atomic E-state index is 11.7. The Morgan fingerprint density at radius 3 is 2.65 bits per heavy atom. The van der Waals surface area contributed by atoms with Crippen molar-refractivity contribution in [1.82, 2.24) is 5.32 Å². The van der Waals surface area contributed by atoms with Gasteiger partial charge in [0, 0.05) is 6.54 Å². The molecule has 0 amide bonds. The number of ether oxygens (including phenoxy) is 1. The lowest BCUT2D eigenvalue weighted by atomic mass is 9.83. The van der Waals surface area contributed by atoms with Crippen LogP contribution in [-0.2, 0) is 11.3 Å². The van der Waals surface area contributed by atoms with Crippen LogP contribution >= 0.6 is 0 Å². The molecule has 0 spiro atoms. The van der Waals surface area contributed by atoms with Crippen LogP contribution < -0.4 is 5.32 Å². The van der Waals surface area contributed by atoms with Crippen LogP contribution in [0.4, 0.5) is 0 Å². The van der Waals surface area contributed by atoms with Gasteiger partial charge in [-0.15, -0.1) is 0 Å². The standard InChI is InChI=1S/C17H25NO2/c1-13-7-9-14(10-8-13)11-18-12-15-5-3-4-6-16(15)17(19)20-2/h3-6,13-14,18H,7-12H2,1-2H3. The van der Waals surface area contributed by atoms with Crippen LogP contribution in [0.3, 0.4) is 0 Å². The van der Waals surface area contributed by atoms with E-state index in [-0.39, 0.29) is 5.97 Å². The van der Waals surface area contributed by atoms with Crippen molar-refractivity contribution in [2.45, 2.75) is 39.2 Å². The van der Waals surface area contributed by atoms with Crippen LogP contribution in [0.1, 0.15) is 48.5 Å². The number of rotatable bonds is 5. The maximum atomic E-state index is 11.7. The number of esters is 1. The Balaban J connectivity index is 1.83. The van der Waals surface area contributed by atoms with E-state index in [0.29, 0.717) is 5.56 Å². The minimum atomic E-state index is -0.256. The van der Waals surface area contributed by atoms with Crippen LogP contribution in [0.15, 0.2) is 24.3 Å². The summed E-state index contributed by atoms with van der Waals surface area (Å²) in [4.78, 5) is 11.7. The van der Waals surface area contributed by atoms with E-state index in [9.17, 15) is 4.79 Å². The number of hydrogen-bond acceptors (Lipinski definition) is 3. The van der Waals surface area contributed by atoms with E-state index in [0.717, 1.165) is 30.5 Å². The van der Waals surface area contributed by atoms with Crippen molar-refractivity contribution in [3.63, 3.8) is 0 Å². The molecule has 2 rings (SSSR count). The maximum Gasteiger partial charge on any atom is 0.338 e. The smallest absolute Gasteiger partial charge is 0.338 e. The fourth-order valence-electron chi connectivity index (χ4n) is 2.93. The predicted molar refractivity (Wildman–Crippen MR) is 80.6 cm³/mol. The largest absolute Gasteiger partial charge is 0.465 e. The number of benzene rings is 1. The zero-order chi connectivity index (χ0) is 14.4. The molecule has 1 N–H and O–H groups in total. The van der Waals surface area contributed by atoms with Crippen molar-refractivity contribution in [2.75, 3.05) is 13.7 Å². The minimum Gasteiger partial charge on any atom is -0.465 e. The molecular formula is C17H25NO2. The molecule has 1 aromatic carbocycles. The van der Waals surface area contributed by atoms with E-state index < -0.39 is 0 Å². The van der Waals surface area contributed by atoms with E-state index in [1.54, 1.807) is 0 Å². The average Bonchev–Trinajstić information content (AvgIpc) is 2.49. The van der Waals surface area contributed by atoms with Gasteiger partial charge in [0.1, 0.15) is 0 Å². The highest BCUT2D eigenvalue weighted by Gasteiger charge is 2.18. The lowest BCUT2D eigenvalue weighted by Gasteiger charge is -2.26. The van der Waals surface area contributed by atoms with E-state index >= 15 is 0 Å². The Morgan fingerprint density at radius 2 is 1.95 bits per heavy atom. The number of carbonyl (C=O) groups is 1. The van der Waals surface area contributed by atoms with Gasteiger partial charge >= 0.3 is 5.97 Å². The van der Waals surface area contributed by atoms with Gasteiger partial charge in [0.2, 0.25) is 0 Å². The Bertz CT molecular complexity index is 436. The first-order chi connectivity index (χ1) is 9.70. The quantitative estimate of drug-likeness (QED) is 0.837. The second-order valence-electron chi connectivity index (χ2n) is 5.91. The molecule has 20 heavy (non-hydrogen) atoms. The normalized spacial score (nSPS) is 22.5. The molecular weight excluding hydrogens is 250 g/mol. The fourth-order valence-corrected chi connectivity index (χ4v) is 2.93. The fraction of sp³-hybridized carbons (Fsp3) is 0.588. The van der Waals surface area contributed by atoms with Crippen molar-refractivity contribution in [3.05, 3.63) is 35.4 Å². The average molecular weight is 275 g/mol.